The number of benzene rings is 1. The van der Waals surface area contributed by atoms with E-state index in [1.807, 2.05) is 0 Å². The maximum absolute atomic E-state index is 12.2. The van der Waals surface area contributed by atoms with Gasteiger partial charge in [0.2, 0.25) is 10.0 Å². The van der Waals surface area contributed by atoms with Crippen molar-refractivity contribution in [3.05, 3.63) is 52.8 Å². The summed E-state index contributed by atoms with van der Waals surface area (Å²) < 4.78 is 22.6. The van der Waals surface area contributed by atoms with Crippen LogP contribution in [0.2, 0.25) is 5.02 Å². The smallest absolute Gasteiger partial charge is 0.257 e. The highest BCUT2D eigenvalue weighted by molar-refractivity contribution is 7.89. The van der Waals surface area contributed by atoms with Crippen LogP contribution in [0.25, 0.3) is 0 Å². The number of anilines is 1. The first-order valence-corrected chi connectivity index (χ1v) is 7.77. The molecule has 0 bridgehead atoms. The summed E-state index contributed by atoms with van der Waals surface area (Å²) in [7, 11) is -3.87. The Kier molecular flexibility index (Phi) is 4.26. The zero-order valence-electron chi connectivity index (χ0n) is 11.0. The fraction of sp³-hybridized carbons (Fsp3) is 0.0769. The zero-order valence-corrected chi connectivity index (χ0v) is 12.6. The molecule has 0 aliphatic carbocycles. The monoisotopic (exact) mass is 325 g/mol. The normalized spacial score (nSPS) is 11.2. The number of sulfonamides is 1. The molecular formula is C13H12ClN3O3S. The minimum absolute atomic E-state index is 0.134. The van der Waals surface area contributed by atoms with Crippen LogP contribution in [0.3, 0.4) is 0 Å². The molecule has 8 heteroatoms. The lowest BCUT2D eigenvalue weighted by Crippen LogP contribution is -2.16. The number of halogens is 1. The van der Waals surface area contributed by atoms with Gasteiger partial charge in [-0.25, -0.2) is 13.6 Å². The van der Waals surface area contributed by atoms with Gasteiger partial charge in [0, 0.05) is 11.9 Å². The topological polar surface area (TPSA) is 102 Å². The fourth-order valence-electron chi connectivity index (χ4n) is 1.69. The molecule has 1 aromatic heterocycles. The van der Waals surface area contributed by atoms with Gasteiger partial charge in [-0.1, -0.05) is 11.6 Å². The summed E-state index contributed by atoms with van der Waals surface area (Å²) in [6.07, 6.45) is 1.57. The molecule has 2 aromatic rings. The number of nitrogens with two attached hydrogens (primary N) is 1. The first-order chi connectivity index (χ1) is 9.79. The Morgan fingerprint density at radius 1 is 1.33 bits per heavy atom. The van der Waals surface area contributed by atoms with Crippen LogP contribution >= 0.6 is 11.6 Å². The number of carbonyl (C=O) groups excluding carboxylic acids is 1. The Hall–Kier alpha value is -1.96. The van der Waals surface area contributed by atoms with E-state index in [2.05, 4.69) is 10.3 Å². The summed E-state index contributed by atoms with van der Waals surface area (Å²) in [5.41, 5.74) is 1.08. The van der Waals surface area contributed by atoms with Crippen LogP contribution in [-0.2, 0) is 10.0 Å². The van der Waals surface area contributed by atoms with Gasteiger partial charge in [-0.05, 0) is 37.3 Å². The molecule has 0 unspecified atom stereocenters. The van der Waals surface area contributed by atoms with E-state index in [-0.39, 0.29) is 15.6 Å². The lowest BCUT2D eigenvalue weighted by molar-refractivity contribution is 0.102. The van der Waals surface area contributed by atoms with Crippen molar-refractivity contribution in [2.24, 2.45) is 5.14 Å². The van der Waals surface area contributed by atoms with Gasteiger partial charge in [0.15, 0.2) is 0 Å². The average molecular weight is 326 g/mol. The van der Waals surface area contributed by atoms with Crippen molar-refractivity contribution in [2.75, 3.05) is 5.32 Å². The van der Waals surface area contributed by atoms with Crippen LogP contribution < -0.4 is 10.5 Å². The van der Waals surface area contributed by atoms with E-state index in [1.54, 1.807) is 25.3 Å². The van der Waals surface area contributed by atoms with E-state index >= 15 is 0 Å². The molecule has 3 N–H and O–H groups in total. The molecule has 1 aromatic carbocycles. The minimum Gasteiger partial charge on any atom is -0.321 e. The van der Waals surface area contributed by atoms with Crippen molar-refractivity contribution in [2.45, 2.75) is 11.8 Å². The summed E-state index contributed by atoms with van der Waals surface area (Å²) in [6, 6.07) is 7.07. The molecule has 0 radical (unpaired) electrons. The largest absolute Gasteiger partial charge is 0.321 e. The van der Waals surface area contributed by atoms with E-state index < -0.39 is 15.9 Å². The molecule has 2 rings (SSSR count). The van der Waals surface area contributed by atoms with Gasteiger partial charge in [0.05, 0.1) is 21.2 Å². The van der Waals surface area contributed by atoms with Crippen molar-refractivity contribution in [3.8, 4) is 0 Å². The number of primary sulfonamides is 1. The zero-order chi connectivity index (χ0) is 15.6. The predicted octanol–water partition coefficient (Wildman–Crippen LogP) is 1.94. The van der Waals surface area contributed by atoms with Gasteiger partial charge in [0.1, 0.15) is 0 Å². The van der Waals surface area contributed by atoms with Crippen LogP contribution in [0.5, 0.6) is 0 Å². The number of pyridine rings is 1. The van der Waals surface area contributed by atoms with Crippen LogP contribution in [0.15, 0.2) is 41.4 Å². The Balaban J connectivity index is 2.36. The highest BCUT2D eigenvalue weighted by Crippen LogP contribution is 2.25. The number of rotatable bonds is 3. The van der Waals surface area contributed by atoms with E-state index in [1.165, 1.54) is 18.2 Å². The predicted molar refractivity (Wildman–Crippen MR) is 79.8 cm³/mol. The van der Waals surface area contributed by atoms with Gasteiger partial charge in [-0.2, -0.15) is 0 Å². The van der Waals surface area contributed by atoms with E-state index in [0.717, 1.165) is 0 Å². The summed E-state index contributed by atoms with van der Waals surface area (Å²) in [4.78, 5) is 16.0. The van der Waals surface area contributed by atoms with Crippen molar-refractivity contribution in [1.29, 1.82) is 0 Å². The van der Waals surface area contributed by atoms with E-state index in [4.69, 9.17) is 16.7 Å². The van der Waals surface area contributed by atoms with Crippen LogP contribution in [0.4, 0.5) is 5.69 Å². The van der Waals surface area contributed by atoms with Crippen molar-refractivity contribution in [1.82, 2.24) is 4.98 Å². The number of hydrogen-bond acceptors (Lipinski definition) is 4. The third-order valence-corrected chi connectivity index (χ3v) is 4.01. The molecule has 0 aliphatic rings. The average Bonchev–Trinajstić information content (AvgIpc) is 2.40. The van der Waals surface area contributed by atoms with Crippen LogP contribution in [-0.4, -0.2) is 19.3 Å². The third kappa shape index (κ3) is 3.57. The molecule has 0 saturated heterocycles. The van der Waals surface area contributed by atoms with Gasteiger partial charge in [-0.15, -0.1) is 0 Å². The highest BCUT2D eigenvalue weighted by atomic mass is 35.5. The Morgan fingerprint density at radius 3 is 2.67 bits per heavy atom. The molecule has 0 fully saturated rings. The van der Waals surface area contributed by atoms with Crippen LogP contribution in [0, 0.1) is 6.92 Å². The standard InChI is InChI=1S/C13H12ClN3O3S/c1-8-10(3-2-6-16-8)13(18)17-12-7-9(21(15,19)20)4-5-11(12)14/h2-7H,1H3,(H,17,18)(H2,15,19,20). The second-order valence-corrected chi connectivity index (χ2v) is 6.25. The lowest BCUT2D eigenvalue weighted by atomic mass is 10.2. The van der Waals surface area contributed by atoms with Crippen LogP contribution in [0.1, 0.15) is 16.1 Å². The number of nitrogens with zero attached hydrogens (tertiary/aromatic N) is 1. The molecule has 0 spiro atoms. The molecular weight excluding hydrogens is 314 g/mol. The fourth-order valence-corrected chi connectivity index (χ4v) is 2.40. The third-order valence-electron chi connectivity index (χ3n) is 2.77. The molecule has 0 atom stereocenters. The van der Waals surface area contributed by atoms with E-state index in [0.29, 0.717) is 11.3 Å². The molecule has 0 aliphatic heterocycles. The first-order valence-electron chi connectivity index (χ1n) is 5.84. The van der Waals surface area contributed by atoms with Gasteiger partial charge in [0.25, 0.3) is 5.91 Å². The Bertz CT molecular complexity index is 806. The van der Waals surface area contributed by atoms with Crippen molar-refractivity contribution in [3.63, 3.8) is 0 Å². The quantitative estimate of drug-likeness (QED) is 0.900. The number of carbonyl (C=O) groups is 1. The Labute approximate surface area is 127 Å². The lowest BCUT2D eigenvalue weighted by Gasteiger charge is -2.10. The maximum Gasteiger partial charge on any atom is 0.257 e. The summed E-state index contributed by atoms with van der Waals surface area (Å²) >= 11 is 5.95. The summed E-state index contributed by atoms with van der Waals surface area (Å²) in [5.74, 6) is -0.436. The second-order valence-electron chi connectivity index (χ2n) is 4.28. The van der Waals surface area contributed by atoms with Gasteiger partial charge in [-0.3, -0.25) is 9.78 Å². The number of nitrogens with one attached hydrogen (secondary N) is 1. The molecule has 21 heavy (non-hydrogen) atoms. The molecule has 1 heterocycles. The van der Waals surface area contributed by atoms with Gasteiger partial charge >= 0.3 is 0 Å². The van der Waals surface area contributed by atoms with Crippen molar-refractivity contribution >= 4 is 33.2 Å². The molecule has 0 saturated carbocycles. The van der Waals surface area contributed by atoms with Gasteiger partial charge < -0.3 is 5.32 Å². The molecule has 6 nitrogen and oxygen atoms in total. The first kappa shape index (κ1) is 15.4. The molecule has 1 amide bonds. The summed E-state index contributed by atoms with van der Waals surface area (Å²) in [6.45, 7) is 1.69. The number of aryl methyl sites for hydroxylation is 1. The highest BCUT2D eigenvalue weighted by Gasteiger charge is 2.14. The number of aromatic nitrogens is 1. The SMILES string of the molecule is Cc1ncccc1C(=O)Nc1cc(S(N)(=O)=O)ccc1Cl. The van der Waals surface area contributed by atoms with E-state index in [9.17, 15) is 13.2 Å². The second kappa shape index (κ2) is 5.80. The summed E-state index contributed by atoms with van der Waals surface area (Å²) in [5, 5.41) is 7.80. The Morgan fingerprint density at radius 2 is 2.05 bits per heavy atom. The number of amides is 1. The maximum atomic E-state index is 12.2. The van der Waals surface area contributed by atoms with Crippen molar-refractivity contribution < 1.29 is 13.2 Å². The number of hydrogen-bond donors (Lipinski definition) is 2. The minimum atomic E-state index is -3.87. The molecule has 110 valence electrons.